The third kappa shape index (κ3) is 2.32. The Morgan fingerprint density at radius 2 is 2.04 bits per heavy atom. The molecule has 0 atom stereocenters. The summed E-state index contributed by atoms with van der Waals surface area (Å²) in [7, 11) is 0. The van der Waals surface area contributed by atoms with Crippen molar-refractivity contribution in [2.45, 2.75) is 6.42 Å². The van der Waals surface area contributed by atoms with E-state index in [1.807, 2.05) is 0 Å². The first-order valence-electron chi connectivity index (χ1n) is 7.61. The molecule has 0 radical (unpaired) electrons. The number of urea groups is 1. The van der Waals surface area contributed by atoms with Gasteiger partial charge in [-0.1, -0.05) is 6.07 Å². The lowest BCUT2D eigenvalue weighted by Gasteiger charge is -2.18. The minimum absolute atomic E-state index is 0.203. The average molecular weight is 323 g/mol. The molecule has 0 saturated heterocycles. The molecule has 2 aromatic carbocycles. The fourth-order valence-electron chi connectivity index (χ4n) is 3.09. The number of halogens is 1. The van der Waals surface area contributed by atoms with Gasteiger partial charge in [-0.25, -0.2) is 9.18 Å². The highest BCUT2D eigenvalue weighted by molar-refractivity contribution is 6.07. The van der Waals surface area contributed by atoms with Gasteiger partial charge in [0.15, 0.2) is 0 Å². The van der Waals surface area contributed by atoms with E-state index < -0.39 is 0 Å². The number of hydrogen-bond donors (Lipinski definition) is 2. The number of rotatable bonds is 1. The lowest BCUT2D eigenvalue weighted by atomic mass is 10.1. The third-order valence-electron chi connectivity index (χ3n) is 4.24. The molecule has 1 aromatic heterocycles. The zero-order valence-corrected chi connectivity index (χ0v) is 12.7. The van der Waals surface area contributed by atoms with Gasteiger partial charge in [0.1, 0.15) is 5.82 Å². The molecule has 0 saturated carbocycles. The fraction of sp³-hybridized carbons (Fsp3) is 0.111. The number of pyridine rings is 1. The van der Waals surface area contributed by atoms with E-state index in [9.17, 15) is 14.0 Å². The molecule has 1 aliphatic rings. The van der Waals surface area contributed by atoms with Crippen LogP contribution in [0.1, 0.15) is 5.56 Å². The summed E-state index contributed by atoms with van der Waals surface area (Å²) in [5.41, 5.74) is 1.90. The summed E-state index contributed by atoms with van der Waals surface area (Å²) in [6.07, 6.45) is 2.17. The van der Waals surface area contributed by atoms with Gasteiger partial charge in [0, 0.05) is 29.2 Å². The van der Waals surface area contributed by atoms with Crippen LogP contribution < -0.4 is 15.8 Å². The van der Waals surface area contributed by atoms with E-state index in [0.717, 1.165) is 5.56 Å². The van der Waals surface area contributed by atoms with Gasteiger partial charge in [-0.3, -0.25) is 9.69 Å². The first-order chi connectivity index (χ1) is 11.6. The summed E-state index contributed by atoms with van der Waals surface area (Å²) in [6, 6.07) is 11.1. The number of aromatic nitrogens is 1. The van der Waals surface area contributed by atoms with E-state index in [1.165, 1.54) is 12.1 Å². The van der Waals surface area contributed by atoms with Crippen LogP contribution in [0.4, 0.5) is 20.6 Å². The Hall–Kier alpha value is -3.15. The maximum absolute atomic E-state index is 13.3. The number of amides is 2. The quantitative estimate of drug-likeness (QED) is 0.722. The SMILES string of the molecule is O=C(Nc1cccc2c(=O)[nH]ccc12)N1CCc2cc(F)ccc21. The second kappa shape index (κ2) is 5.49. The molecule has 5 nitrogen and oxygen atoms in total. The van der Waals surface area contributed by atoms with Gasteiger partial charge in [0.25, 0.3) is 5.56 Å². The van der Waals surface area contributed by atoms with Crippen molar-refractivity contribution in [1.82, 2.24) is 4.98 Å². The van der Waals surface area contributed by atoms with Crippen LogP contribution in [0.15, 0.2) is 53.5 Å². The average Bonchev–Trinajstić information content (AvgIpc) is 2.99. The molecule has 6 heteroatoms. The molecular weight excluding hydrogens is 309 g/mol. The zero-order valence-electron chi connectivity index (χ0n) is 12.7. The molecule has 0 bridgehead atoms. The topological polar surface area (TPSA) is 65.2 Å². The maximum Gasteiger partial charge on any atom is 0.326 e. The van der Waals surface area contributed by atoms with E-state index in [-0.39, 0.29) is 17.4 Å². The van der Waals surface area contributed by atoms with Crippen LogP contribution in [-0.4, -0.2) is 17.6 Å². The summed E-state index contributed by atoms with van der Waals surface area (Å²) in [4.78, 5) is 28.7. The van der Waals surface area contributed by atoms with Crippen molar-refractivity contribution in [3.63, 3.8) is 0 Å². The molecule has 0 fully saturated rings. The van der Waals surface area contributed by atoms with E-state index >= 15 is 0 Å². The van der Waals surface area contributed by atoms with Crippen molar-refractivity contribution < 1.29 is 9.18 Å². The van der Waals surface area contributed by atoms with Crippen molar-refractivity contribution in [3.8, 4) is 0 Å². The fourth-order valence-corrected chi connectivity index (χ4v) is 3.09. The number of nitrogens with one attached hydrogen (secondary N) is 2. The highest BCUT2D eigenvalue weighted by Gasteiger charge is 2.25. The molecule has 2 N–H and O–H groups in total. The van der Waals surface area contributed by atoms with Gasteiger partial charge in [0.2, 0.25) is 0 Å². The smallest absolute Gasteiger partial charge is 0.326 e. The summed E-state index contributed by atoms with van der Waals surface area (Å²) in [5.74, 6) is -0.302. The van der Waals surface area contributed by atoms with Gasteiger partial charge in [0.05, 0.1) is 5.69 Å². The first-order valence-corrected chi connectivity index (χ1v) is 7.61. The van der Waals surface area contributed by atoms with E-state index in [0.29, 0.717) is 35.1 Å². The van der Waals surface area contributed by atoms with Crippen LogP contribution in [-0.2, 0) is 6.42 Å². The number of carbonyl (C=O) groups excluding carboxylic acids is 1. The number of nitrogens with zero attached hydrogens (tertiary/aromatic N) is 1. The number of fused-ring (bicyclic) bond motifs is 2. The van der Waals surface area contributed by atoms with Crippen molar-refractivity contribution in [1.29, 1.82) is 0 Å². The lowest BCUT2D eigenvalue weighted by Crippen LogP contribution is -2.33. The number of benzene rings is 2. The summed E-state index contributed by atoms with van der Waals surface area (Å²) < 4.78 is 13.3. The molecule has 0 unspecified atom stereocenters. The van der Waals surface area contributed by atoms with Crippen LogP contribution in [0.25, 0.3) is 10.8 Å². The van der Waals surface area contributed by atoms with Gasteiger partial charge >= 0.3 is 6.03 Å². The lowest BCUT2D eigenvalue weighted by molar-refractivity contribution is 0.257. The Morgan fingerprint density at radius 1 is 1.17 bits per heavy atom. The standard InChI is InChI=1S/C18H14FN3O2/c19-12-4-5-16-11(10-12)7-9-22(16)18(24)21-15-3-1-2-14-13(15)6-8-20-17(14)23/h1-6,8,10H,7,9H2,(H,20,23)(H,21,24). The monoisotopic (exact) mass is 323 g/mol. The van der Waals surface area contributed by atoms with Gasteiger partial charge in [-0.15, -0.1) is 0 Å². The normalized spacial score (nSPS) is 13.1. The minimum atomic E-state index is -0.302. The van der Waals surface area contributed by atoms with Crippen LogP contribution in [0.3, 0.4) is 0 Å². The Morgan fingerprint density at radius 3 is 2.92 bits per heavy atom. The second-order valence-electron chi connectivity index (χ2n) is 5.68. The van der Waals surface area contributed by atoms with Crippen molar-refractivity contribution in [3.05, 3.63) is 70.4 Å². The van der Waals surface area contributed by atoms with Gasteiger partial charge < -0.3 is 10.3 Å². The number of H-pyrrole nitrogens is 1. The summed E-state index contributed by atoms with van der Waals surface area (Å²) in [5, 5.41) is 4.04. The Bertz CT molecular complexity index is 1010. The number of hydrogen-bond acceptors (Lipinski definition) is 2. The minimum Gasteiger partial charge on any atom is -0.329 e. The van der Waals surface area contributed by atoms with Gasteiger partial charge in [-0.05, 0) is 48.4 Å². The van der Waals surface area contributed by atoms with Gasteiger partial charge in [-0.2, -0.15) is 0 Å². The van der Waals surface area contributed by atoms with E-state index in [4.69, 9.17) is 0 Å². The zero-order chi connectivity index (χ0) is 16.7. The molecule has 2 heterocycles. The van der Waals surface area contributed by atoms with Crippen LogP contribution >= 0.6 is 0 Å². The Labute approximate surface area is 136 Å². The molecular formula is C18H14FN3O2. The van der Waals surface area contributed by atoms with Crippen LogP contribution in [0.5, 0.6) is 0 Å². The summed E-state index contributed by atoms with van der Waals surface area (Å²) in [6.45, 7) is 0.496. The second-order valence-corrected chi connectivity index (χ2v) is 5.68. The molecule has 4 rings (SSSR count). The van der Waals surface area contributed by atoms with Crippen LogP contribution in [0.2, 0.25) is 0 Å². The van der Waals surface area contributed by atoms with Crippen LogP contribution in [0, 0.1) is 5.82 Å². The predicted octanol–water partition coefficient (Wildman–Crippen LogP) is 3.26. The van der Waals surface area contributed by atoms with E-state index in [1.54, 1.807) is 41.4 Å². The number of anilines is 2. The predicted molar refractivity (Wildman–Crippen MR) is 91.0 cm³/mol. The van der Waals surface area contributed by atoms with E-state index in [2.05, 4.69) is 10.3 Å². The third-order valence-corrected chi connectivity index (χ3v) is 4.24. The first kappa shape index (κ1) is 14.4. The van der Waals surface area contributed by atoms with Crippen molar-refractivity contribution in [2.24, 2.45) is 0 Å². The molecule has 3 aromatic rings. The molecule has 120 valence electrons. The van der Waals surface area contributed by atoms with Crippen molar-refractivity contribution in [2.75, 3.05) is 16.8 Å². The highest BCUT2D eigenvalue weighted by atomic mass is 19.1. The molecule has 2 amide bonds. The maximum atomic E-state index is 13.3. The number of aromatic amines is 1. The highest BCUT2D eigenvalue weighted by Crippen LogP contribution is 2.29. The Balaban J connectivity index is 1.67. The largest absolute Gasteiger partial charge is 0.329 e. The molecule has 24 heavy (non-hydrogen) atoms. The molecule has 0 spiro atoms. The summed E-state index contributed by atoms with van der Waals surface area (Å²) >= 11 is 0. The van der Waals surface area contributed by atoms with Crippen molar-refractivity contribution >= 4 is 28.2 Å². The molecule has 0 aliphatic carbocycles. The number of carbonyl (C=O) groups is 1. The Kier molecular flexibility index (Phi) is 3.30. The molecule has 1 aliphatic heterocycles.